The third-order valence-electron chi connectivity index (χ3n) is 1.72. The second-order valence-electron chi connectivity index (χ2n) is 4.46. The second-order valence-corrected chi connectivity index (χ2v) is 5.31. The zero-order chi connectivity index (χ0) is 13.8. The Kier molecular flexibility index (Phi) is 4.62. The number of hydrogen-bond donors (Lipinski definition) is 1. The van der Waals surface area contributed by atoms with Crippen LogP contribution in [-0.4, -0.2) is 21.7 Å². The second kappa shape index (κ2) is 5.78. The normalized spacial score (nSPS) is 10.6. The molecule has 0 aromatic carbocycles. The molecule has 0 aliphatic heterocycles. The molecule has 0 bridgehead atoms. The average molecular weight is 313 g/mol. The largest absolute Gasteiger partial charge is 0.444 e. The van der Waals surface area contributed by atoms with Crippen molar-refractivity contribution in [1.29, 1.82) is 5.26 Å². The summed E-state index contributed by atoms with van der Waals surface area (Å²) < 4.78 is 5.70. The molecule has 1 rings (SSSR count). The van der Waals surface area contributed by atoms with Gasteiger partial charge in [-0.25, -0.2) is 14.8 Å². The smallest absolute Gasteiger partial charge is 0.407 e. The van der Waals surface area contributed by atoms with Gasteiger partial charge in [-0.05, 0) is 36.7 Å². The lowest BCUT2D eigenvalue weighted by atomic mass is 10.2. The standard InChI is InChI=1S/C11H13BrN4O2/c1-11(2,3)18-10(17)15-6-8-7(12)5-14-9(4-13)16-8/h5H,6H2,1-3H3,(H,15,17). The summed E-state index contributed by atoms with van der Waals surface area (Å²) in [6.07, 6.45) is 0.934. The molecule has 1 N–H and O–H groups in total. The lowest BCUT2D eigenvalue weighted by Gasteiger charge is -2.19. The minimum atomic E-state index is -0.551. The number of carbonyl (C=O) groups excluding carboxylic acids is 1. The average Bonchev–Trinajstić information content (AvgIpc) is 2.25. The first-order valence-electron chi connectivity index (χ1n) is 5.20. The first kappa shape index (κ1) is 14.4. The molecule has 1 heterocycles. The van der Waals surface area contributed by atoms with Crippen molar-refractivity contribution in [2.24, 2.45) is 0 Å². The van der Waals surface area contributed by atoms with Gasteiger partial charge in [0.2, 0.25) is 5.82 Å². The molecule has 1 amide bonds. The highest BCUT2D eigenvalue weighted by atomic mass is 79.9. The summed E-state index contributed by atoms with van der Waals surface area (Å²) in [5.74, 6) is 0.0548. The van der Waals surface area contributed by atoms with Crippen molar-refractivity contribution in [3.8, 4) is 6.07 Å². The van der Waals surface area contributed by atoms with Gasteiger partial charge in [-0.15, -0.1) is 0 Å². The fourth-order valence-electron chi connectivity index (χ4n) is 1.05. The number of nitrogens with zero attached hydrogens (tertiary/aromatic N) is 3. The first-order chi connectivity index (χ1) is 8.31. The number of amides is 1. The van der Waals surface area contributed by atoms with E-state index in [-0.39, 0.29) is 12.4 Å². The highest BCUT2D eigenvalue weighted by Crippen LogP contribution is 2.13. The highest BCUT2D eigenvalue weighted by Gasteiger charge is 2.16. The Labute approximate surface area is 114 Å². The number of halogens is 1. The monoisotopic (exact) mass is 312 g/mol. The van der Waals surface area contributed by atoms with E-state index in [1.807, 2.05) is 6.07 Å². The fraction of sp³-hybridized carbons (Fsp3) is 0.455. The number of rotatable bonds is 2. The van der Waals surface area contributed by atoms with Crippen molar-refractivity contribution >= 4 is 22.0 Å². The quantitative estimate of drug-likeness (QED) is 0.903. The van der Waals surface area contributed by atoms with Crippen LogP contribution in [0.3, 0.4) is 0 Å². The van der Waals surface area contributed by atoms with E-state index in [4.69, 9.17) is 10.00 Å². The molecule has 0 unspecified atom stereocenters. The number of hydrogen-bond acceptors (Lipinski definition) is 5. The van der Waals surface area contributed by atoms with Gasteiger partial charge < -0.3 is 10.1 Å². The molecule has 18 heavy (non-hydrogen) atoms. The zero-order valence-electron chi connectivity index (χ0n) is 10.3. The zero-order valence-corrected chi connectivity index (χ0v) is 11.9. The molecule has 0 saturated carbocycles. The van der Waals surface area contributed by atoms with E-state index in [1.165, 1.54) is 6.20 Å². The molecule has 0 radical (unpaired) electrons. The van der Waals surface area contributed by atoms with Gasteiger partial charge in [0, 0.05) is 6.20 Å². The number of aromatic nitrogens is 2. The Morgan fingerprint density at radius 1 is 1.61 bits per heavy atom. The minimum absolute atomic E-state index is 0.0548. The summed E-state index contributed by atoms with van der Waals surface area (Å²) in [6.45, 7) is 5.50. The SMILES string of the molecule is CC(C)(C)OC(=O)NCc1nc(C#N)ncc1Br. The van der Waals surface area contributed by atoms with E-state index in [9.17, 15) is 4.79 Å². The van der Waals surface area contributed by atoms with Crippen LogP contribution in [0.4, 0.5) is 4.79 Å². The Hall–Kier alpha value is -1.68. The molecule has 6 nitrogen and oxygen atoms in total. The molecule has 0 fully saturated rings. The number of alkyl carbamates (subject to hydrolysis) is 1. The summed E-state index contributed by atoms with van der Waals surface area (Å²) in [6, 6.07) is 1.83. The maximum Gasteiger partial charge on any atom is 0.407 e. The number of carbonyl (C=O) groups is 1. The van der Waals surface area contributed by atoms with Gasteiger partial charge >= 0.3 is 6.09 Å². The van der Waals surface area contributed by atoms with E-state index in [0.29, 0.717) is 10.2 Å². The van der Waals surface area contributed by atoms with Gasteiger partial charge in [0.15, 0.2) is 0 Å². The van der Waals surface area contributed by atoms with E-state index in [0.717, 1.165) is 0 Å². The van der Waals surface area contributed by atoms with Gasteiger partial charge in [-0.2, -0.15) is 5.26 Å². The van der Waals surface area contributed by atoms with Gasteiger partial charge in [-0.3, -0.25) is 0 Å². The van der Waals surface area contributed by atoms with Gasteiger partial charge in [-0.1, -0.05) is 0 Å². The number of ether oxygens (including phenoxy) is 1. The van der Waals surface area contributed by atoms with Crippen LogP contribution in [0.25, 0.3) is 0 Å². The van der Waals surface area contributed by atoms with Crippen molar-refractivity contribution in [2.45, 2.75) is 32.9 Å². The van der Waals surface area contributed by atoms with Gasteiger partial charge in [0.1, 0.15) is 11.7 Å². The van der Waals surface area contributed by atoms with Crippen LogP contribution in [0.1, 0.15) is 32.3 Å². The number of nitriles is 1. The fourth-order valence-corrected chi connectivity index (χ4v) is 1.38. The predicted octanol–water partition coefficient (Wildman–Crippen LogP) is 2.14. The van der Waals surface area contributed by atoms with E-state index in [2.05, 4.69) is 31.2 Å². The summed E-state index contributed by atoms with van der Waals surface area (Å²) in [5.41, 5.74) is -0.0300. The molecule has 7 heteroatoms. The van der Waals surface area contributed by atoms with Crippen molar-refractivity contribution < 1.29 is 9.53 Å². The van der Waals surface area contributed by atoms with Gasteiger partial charge in [0.05, 0.1) is 16.7 Å². The molecule has 1 aromatic heterocycles. The highest BCUT2D eigenvalue weighted by molar-refractivity contribution is 9.10. The lowest BCUT2D eigenvalue weighted by molar-refractivity contribution is 0.0523. The molecule has 0 spiro atoms. The van der Waals surface area contributed by atoms with Crippen LogP contribution in [0.15, 0.2) is 10.7 Å². The third kappa shape index (κ3) is 4.67. The van der Waals surface area contributed by atoms with E-state index in [1.54, 1.807) is 20.8 Å². The molecular weight excluding hydrogens is 300 g/mol. The topological polar surface area (TPSA) is 87.9 Å². The minimum Gasteiger partial charge on any atom is -0.444 e. The molecular formula is C11H13BrN4O2. The Bertz CT molecular complexity index is 491. The van der Waals surface area contributed by atoms with Crippen LogP contribution in [0, 0.1) is 11.3 Å². The molecule has 0 atom stereocenters. The molecule has 0 aliphatic rings. The maximum atomic E-state index is 11.4. The van der Waals surface area contributed by atoms with Crippen molar-refractivity contribution in [1.82, 2.24) is 15.3 Å². The van der Waals surface area contributed by atoms with E-state index >= 15 is 0 Å². The van der Waals surface area contributed by atoms with E-state index < -0.39 is 11.7 Å². The predicted molar refractivity (Wildman–Crippen MR) is 67.5 cm³/mol. The number of nitrogens with one attached hydrogen (secondary N) is 1. The third-order valence-corrected chi connectivity index (χ3v) is 2.38. The molecule has 0 saturated heterocycles. The van der Waals surface area contributed by atoms with Crippen molar-refractivity contribution in [3.63, 3.8) is 0 Å². The maximum absolute atomic E-state index is 11.4. The summed E-state index contributed by atoms with van der Waals surface area (Å²) in [4.78, 5) is 19.2. The Morgan fingerprint density at radius 2 is 2.28 bits per heavy atom. The van der Waals surface area contributed by atoms with Crippen LogP contribution in [0.5, 0.6) is 0 Å². The van der Waals surface area contributed by atoms with Crippen LogP contribution < -0.4 is 5.32 Å². The molecule has 0 aliphatic carbocycles. The van der Waals surface area contributed by atoms with Crippen LogP contribution >= 0.6 is 15.9 Å². The molecule has 1 aromatic rings. The van der Waals surface area contributed by atoms with Crippen LogP contribution in [-0.2, 0) is 11.3 Å². The van der Waals surface area contributed by atoms with Crippen molar-refractivity contribution in [2.75, 3.05) is 0 Å². The summed E-state index contributed by atoms with van der Waals surface area (Å²) in [7, 11) is 0. The van der Waals surface area contributed by atoms with Crippen molar-refractivity contribution in [3.05, 3.63) is 22.2 Å². The van der Waals surface area contributed by atoms with Gasteiger partial charge in [0.25, 0.3) is 0 Å². The Balaban J connectivity index is 2.64. The summed E-state index contributed by atoms with van der Waals surface area (Å²) >= 11 is 3.24. The lowest BCUT2D eigenvalue weighted by Crippen LogP contribution is -2.32. The van der Waals surface area contributed by atoms with Crippen LogP contribution in [0.2, 0.25) is 0 Å². The molecule has 96 valence electrons. The first-order valence-corrected chi connectivity index (χ1v) is 5.99. The summed E-state index contributed by atoms with van der Waals surface area (Å²) in [5, 5.41) is 11.2. The Morgan fingerprint density at radius 3 is 2.83 bits per heavy atom.